The number of hydrogen-bond acceptors (Lipinski definition) is 6. The van der Waals surface area contributed by atoms with Crippen molar-refractivity contribution in [2.75, 3.05) is 13.2 Å². The van der Waals surface area contributed by atoms with Crippen molar-refractivity contribution in [1.29, 1.82) is 0 Å². The van der Waals surface area contributed by atoms with E-state index in [1.165, 1.54) is 180 Å². The molecule has 6 heteroatoms. The topological polar surface area (TPSA) is 78.9 Å². The summed E-state index contributed by atoms with van der Waals surface area (Å²) in [6.45, 7) is 6.64. The molecule has 0 aromatic rings. The molecule has 0 unspecified atom stereocenters. The van der Waals surface area contributed by atoms with Gasteiger partial charge in [-0.25, -0.2) is 0 Å². The summed E-state index contributed by atoms with van der Waals surface area (Å²) in [5.74, 6) is -0.850. The molecule has 0 aliphatic carbocycles. The molecule has 0 aliphatic heterocycles. The summed E-state index contributed by atoms with van der Waals surface area (Å²) >= 11 is 0. The van der Waals surface area contributed by atoms with Crippen LogP contribution in [0, 0.1) is 0 Å². The smallest absolute Gasteiger partial charge is 0.306 e. The van der Waals surface area contributed by atoms with Gasteiger partial charge in [0, 0.05) is 19.3 Å². The highest BCUT2D eigenvalue weighted by Gasteiger charge is 2.19. The Balaban J connectivity index is 4.23. The highest BCUT2D eigenvalue weighted by Crippen LogP contribution is 2.16. The molecule has 0 saturated carbocycles. The average Bonchev–Trinajstić information content (AvgIpc) is 3.18. The van der Waals surface area contributed by atoms with E-state index in [-0.39, 0.29) is 31.1 Å². The van der Waals surface area contributed by atoms with Gasteiger partial charge in [-0.1, -0.05) is 239 Å². The van der Waals surface area contributed by atoms with E-state index in [0.717, 1.165) is 57.8 Å². The van der Waals surface area contributed by atoms with Crippen LogP contribution in [0.3, 0.4) is 0 Å². The van der Waals surface area contributed by atoms with E-state index < -0.39 is 6.10 Å². The van der Waals surface area contributed by atoms with E-state index in [0.29, 0.717) is 19.3 Å². The fraction of sp³-hybridized carbons (Fsp3) is 0.939. The third kappa shape index (κ3) is 43.4. The first kappa shape index (κ1) is 53.4. The minimum absolute atomic E-state index is 0.0627. The molecule has 0 aromatic carbocycles. The van der Waals surface area contributed by atoms with Crippen molar-refractivity contribution in [2.45, 2.75) is 284 Å². The van der Waals surface area contributed by atoms with E-state index in [2.05, 4.69) is 20.8 Å². The van der Waals surface area contributed by atoms with Gasteiger partial charge in [0.05, 0.1) is 0 Å². The van der Waals surface area contributed by atoms with Crippen molar-refractivity contribution in [2.24, 2.45) is 0 Å². The van der Waals surface area contributed by atoms with Gasteiger partial charge in [-0.05, 0) is 19.3 Å². The molecule has 6 nitrogen and oxygen atoms in total. The molecule has 0 bridgehead atoms. The summed E-state index contributed by atoms with van der Waals surface area (Å²) in [5, 5.41) is 0. The van der Waals surface area contributed by atoms with Crippen LogP contribution in [-0.2, 0) is 28.6 Å². The second-order valence-electron chi connectivity index (χ2n) is 16.7. The lowest BCUT2D eigenvalue weighted by Gasteiger charge is -2.18. The third-order valence-corrected chi connectivity index (χ3v) is 11.1. The van der Waals surface area contributed by atoms with Crippen LogP contribution >= 0.6 is 0 Å². The summed E-state index contributed by atoms with van der Waals surface area (Å²) in [5.41, 5.74) is 0. The van der Waals surface area contributed by atoms with Gasteiger partial charge in [-0.2, -0.15) is 0 Å². The zero-order valence-electron chi connectivity index (χ0n) is 37.2. The number of unbranched alkanes of at least 4 members (excludes halogenated alkanes) is 34. The summed E-state index contributed by atoms with van der Waals surface area (Å²) in [4.78, 5) is 37.7. The first-order chi connectivity index (χ1) is 27.0. The van der Waals surface area contributed by atoms with E-state index >= 15 is 0 Å². The minimum atomic E-state index is -0.758. The lowest BCUT2D eigenvalue weighted by Crippen LogP contribution is -2.30. The molecule has 0 aliphatic rings. The first-order valence-electron chi connectivity index (χ1n) is 24.5. The summed E-state index contributed by atoms with van der Waals surface area (Å²) in [6, 6.07) is 0. The predicted molar refractivity (Wildman–Crippen MR) is 233 cm³/mol. The number of ether oxygens (including phenoxy) is 3. The number of carbonyl (C=O) groups excluding carboxylic acids is 3. The SMILES string of the molecule is CCCCCCCCCCCCCCCCCCCCC(=O)O[C@H](COC(=O)CCCCCCCCCCC)COC(=O)CCCCCCCCCCCC. The molecule has 0 rings (SSSR count). The zero-order valence-corrected chi connectivity index (χ0v) is 37.2. The van der Waals surface area contributed by atoms with Gasteiger partial charge >= 0.3 is 17.9 Å². The van der Waals surface area contributed by atoms with Gasteiger partial charge in [0.15, 0.2) is 6.10 Å². The van der Waals surface area contributed by atoms with Crippen molar-refractivity contribution in [1.82, 2.24) is 0 Å². The summed E-state index contributed by atoms with van der Waals surface area (Å²) < 4.78 is 16.7. The maximum absolute atomic E-state index is 12.7. The van der Waals surface area contributed by atoms with Crippen molar-refractivity contribution >= 4 is 17.9 Å². The molecule has 55 heavy (non-hydrogen) atoms. The molecule has 0 spiro atoms. The number of esters is 3. The Kier molecular flexibility index (Phi) is 43.8. The number of hydrogen-bond donors (Lipinski definition) is 0. The Labute approximate surface area is 342 Å². The van der Waals surface area contributed by atoms with Crippen molar-refractivity contribution < 1.29 is 28.6 Å². The Morgan fingerprint density at radius 3 is 0.727 bits per heavy atom. The Morgan fingerprint density at radius 2 is 0.491 bits per heavy atom. The fourth-order valence-corrected chi connectivity index (χ4v) is 7.38. The van der Waals surface area contributed by atoms with Crippen LogP contribution in [0.4, 0.5) is 0 Å². The quantitative estimate of drug-likeness (QED) is 0.0348. The first-order valence-corrected chi connectivity index (χ1v) is 24.5. The lowest BCUT2D eigenvalue weighted by molar-refractivity contribution is -0.167. The average molecular weight is 779 g/mol. The lowest BCUT2D eigenvalue weighted by atomic mass is 10.0. The van der Waals surface area contributed by atoms with E-state index in [9.17, 15) is 14.4 Å². The molecule has 0 fully saturated rings. The van der Waals surface area contributed by atoms with Gasteiger partial charge in [-0.3, -0.25) is 14.4 Å². The Bertz CT molecular complexity index is 813. The molecular weight excluding hydrogens is 685 g/mol. The van der Waals surface area contributed by atoms with Crippen LogP contribution in [-0.4, -0.2) is 37.2 Å². The monoisotopic (exact) mass is 779 g/mol. The molecule has 1 atom stereocenters. The Morgan fingerprint density at radius 1 is 0.291 bits per heavy atom. The summed E-state index contributed by atoms with van der Waals surface area (Å²) in [6.07, 6.45) is 46.6. The molecule has 0 heterocycles. The van der Waals surface area contributed by atoms with Crippen molar-refractivity contribution in [3.8, 4) is 0 Å². The molecule has 326 valence electrons. The van der Waals surface area contributed by atoms with Gasteiger partial charge in [-0.15, -0.1) is 0 Å². The molecule has 0 radical (unpaired) electrons. The minimum Gasteiger partial charge on any atom is -0.462 e. The highest BCUT2D eigenvalue weighted by molar-refractivity contribution is 5.71. The van der Waals surface area contributed by atoms with Crippen LogP contribution in [0.5, 0.6) is 0 Å². The number of carbonyl (C=O) groups is 3. The predicted octanol–water partition coefficient (Wildman–Crippen LogP) is 15.6. The maximum atomic E-state index is 12.7. The van der Waals surface area contributed by atoms with E-state index in [1.807, 2.05) is 0 Å². The summed E-state index contributed by atoms with van der Waals surface area (Å²) in [7, 11) is 0. The van der Waals surface area contributed by atoms with Crippen LogP contribution < -0.4 is 0 Å². The van der Waals surface area contributed by atoms with Crippen molar-refractivity contribution in [3.63, 3.8) is 0 Å². The van der Waals surface area contributed by atoms with Gasteiger partial charge in [0.2, 0.25) is 0 Å². The fourth-order valence-electron chi connectivity index (χ4n) is 7.38. The van der Waals surface area contributed by atoms with Gasteiger partial charge in [0.1, 0.15) is 13.2 Å². The normalized spacial score (nSPS) is 11.8. The van der Waals surface area contributed by atoms with Gasteiger partial charge in [0.25, 0.3) is 0 Å². The highest BCUT2D eigenvalue weighted by atomic mass is 16.6. The standard InChI is InChI=1S/C49H94O6/c1-4-7-10-13-16-19-21-22-23-24-25-26-27-28-31-34-37-40-43-49(52)55-46(44-53-47(50)41-38-35-32-29-18-15-12-9-6-3)45-54-48(51)42-39-36-33-30-20-17-14-11-8-5-2/h46H,4-45H2,1-3H3/t46-/m1/s1. The van der Waals surface area contributed by atoms with Crippen LogP contribution in [0.2, 0.25) is 0 Å². The molecule has 0 aromatic heterocycles. The largest absolute Gasteiger partial charge is 0.462 e. The molecular formula is C49H94O6. The van der Waals surface area contributed by atoms with Crippen molar-refractivity contribution in [3.05, 3.63) is 0 Å². The molecule has 0 N–H and O–H groups in total. The maximum Gasteiger partial charge on any atom is 0.306 e. The van der Waals surface area contributed by atoms with Gasteiger partial charge < -0.3 is 14.2 Å². The molecule has 0 amide bonds. The van der Waals surface area contributed by atoms with E-state index in [1.54, 1.807) is 0 Å². The zero-order chi connectivity index (χ0) is 40.1. The van der Waals surface area contributed by atoms with Crippen LogP contribution in [0.25, 0.3) is 0 Å². The Hall–Kier alpha value is -1.59. The second-order valence-corrected chi connectivity index (χ2v) is 16.7. The van der Waals surface area contributed by atoms with E-state index in [4.69, 9.17) is 14.2 Å². The van der Waals surface area contributed by atoms with Crippen LogP contribution in [0.1, 0.15) is 278 Å². The van der Waals surface area contributed by atoms with Crippen LogP contribution in [0.15, 0.2) is 0 Å². The third-order valence-electron chi connectivity index (χ3n) is 11.1. The molecule has 0 saturated heterocycles. The number of rotatable bonds is 45. The second kappa shape index (κ2) is 45.1.